The first-order chi connectivity index (χ1) is 11.4. The van der Waals surface area contributed by atoms with Crippen molar-refractivity contribution in [3.8, 4) is 6.07 Å². The number of rotatable bonds is 3. The third-order valence-corrected chi connectivity index (χ3v) is 6.34. The van der Waals surface area contributed by atoms with Gasteiger partial charge in [-0.05, 0) is 31.2 Å². The fourth-order valence-electron chi connectivity index (χ4n) is 3.97. The Kier molecular flexibility index (Phi) is 3.17. The Labute approximate surface area is 140 Å². The normalized spacial score (nSPS) is 23.9. The van der Waals surface area contributed by atoms with Gasteiger partial charge in [0.05, 0.1) is 17.8 Å². The van der Waals surface area contributed by atoms with Crippen LogP contribution in [0.15, 0.2) is 24.3 Å². The minimum Gasteiger partial charge on any atom is -0.292 e. The van der Waals surface area contributed by atoms with Crippen LogP contribution >= 0.6 is 0 Å². The molecule has 0 bridgehead atoms. The Balaban J connectivity index is 1.99. The Hall–Kier alpha value is -2.13. The van der Waals surface area contributed by atoms with E-state index < -0.39 is 15.4 Å². The second-order valence-corrected chi connectivity index (χ2v) is 8.87. The summed E-state index contributed by atoms with van der Waals surface area (Å²) in [5.41, 5.74) is 0.494. The van der Waals surface area contributed by atoms with Crippen molar-refractivity contribution in [2.24, 2.45) is 11.3 Å². The van der Waals surface area contributed by atoms with Crippen LogP contribution in [-0.2, 0) is 16.4 Å². The zero-order valence-corrected chi connectivity index (χ0v) is 14.3. The van der Waals surface area contributed by atoms with Crippen LogP contribution in [0.4, 0.5) is 0 Å². The van der Waals surface area contributed by atoms with Crippen molar-refractivity contribution in [2.75, 3.05) is 6.26 Å². The molecule has 24 heavy (non-hydrogen) atoms. The fraction of sp³-hybridized carbons (Fsp3) is 0.444. The van der Waals surface area contributed by atoms with Crippen molar-refractivity contribution in [1.29, 1.82) is 5.26 Å². The van der Waals surface area contributed by atoms with Gasteiger partial charge in [0.2, 0.25) is 10.0 Å². The molecule has 2 aliphatic rings. The van der Waals surface area contributed by atoms with Gasteiger partial charge in [0, 0.05) is 16.6 Å². The smallest absolute Gasteiger partial charge is 0.236 e. The number of para-hydroxylation sites is 1. The molecule has 0 N–H and O–H groups in total. The maximum atomic E-state index is 13.3. The predicted molar refractivity (Wildman–Crippen MR) is 90.2 cm³/mol. The van der Waals surface area contributed by atoms with Crippen molar-refractivity contribution in [3.05, 3.63) is 35.5 Å². The predicted octanol–water partition coefficient (Wildman–Crippen LogP) is 2.89. The lowest BCUT2D eigenvalue weighted by atomic mass is 9.69. The molecule has 0 saturated heterocycles. The molecule has 2 aliphatic carbocycles. The first-order valence-electron chi connectivity index (χ1n) is 8.16. The van der Waals surface area contributed by atoms with Crippen LogP contribution in [0.3, 0.4) is 0 Å². The van der Waals surface area contributed by atoms with Gasteiger partial charge in [0.1, 0.15) is 5.41 Å². The van der Waals surface area contributed by atoms with Gasteiger partial charge in [0.15, 0.2) is 5.78 Å². The lowest BCUT2D eigenvalue weighted by molar-refractivity contribution is 0.0816. The number of fused-ring (bicyclic) bond motifs is 3. The van der Waals surface area contributed by atoms with Crippen LogP contribution in [0, 0.1) is 22.7 Å². The Bertz CT molecular complexity index is 1010. The third kappa shape index (κ3) is 2.11. The Morgan fingerprint density at radius 2 is 2.04 bits per heavy atom. The van der Waals surface area contributed by atoms with Crippen LogP contribution in [0.2, 0.25) is 0 Å². The quantitative estimate of drug-likeness (QED) is 0.859. The second kappa shape index (κ2) is 4.93. The standard InChI is InChI=1S/C18H18N2O3S/c1-24(22,23)20-14-5-3-2-4-13(14)16-15(20)8-9-18(11-19,17(16)21)10-12-6-7-12/h2-5,12H,6-10H2,1H3/t18-/m1/s1. The number of hydrogen-bond acceptors (Lipinski definition) is 4. The van der Waals surface area contributed by atoms with Crippen LogP contribution in [0.5, 0.6) is 0 Å². The molecule has 124 valence electrons. The number of ketones is 1. The van der Waals surface area contributed by atoms with Crippen LogP contribution < -0.4 is 0 Å². The minimum absolute atomic E-state index is 0.197. The van der Waals surface area contributed by atoms with Crippen molar-refractivity contribution >= 4 is 26.7 Å². The molecule has 0 aliphatic heterocycles. The zero-order chi connectivity index (χ0) is 17.1. The lowest BCUT2D eigenvalue weighted by Crippen LogP contribution is -2.36. The number of Topliss-reactive ketones (excluding diaryl/α,β-unsaturated/α-hetero) is 1. The Morgan fingerprint density at radius 1 is 1.33 bits per heavy atom. The largest absolute Gasteiger partial charge is 0.292 e. The SMILES string of the molecule is CS(=O)(=O)n1c2c(c3ccccc31)C(=O)[C@@](C#N)(CC1CC1)CC2. The van der Waals surface area contributed by atoms with Gasteiger partial charge in [-0.2, -0.15) is 5.26 Å². The van der Waals surface area contributed by atoms with Crippen LogP contribution in [0.1, 0.15) is 41.7 Å². The summed E-state index contributed by atoms with van der Waals surface area (Å²) >= 11 is 0. The van der Waals surface area contributed by atoms with E-state index in [1.54, 1.807) is 24.3 Å². The second-order valence-electron chi connectivity index (χ2n) is 7.04. The number of benzene rings is 1. The summed E-state index contributed by atoms with van der Waals surface area (Å²) in [4.78, 5) is 13.3. The molecule has 1 heterocycles. The highest BCUT2D eigenvalue weighted by molar-refractivity contribution is 7.89. The molecule has 0 amide bonds. The van der Waals surface area contributed by atoms with Crippen LogP contribution in [0.25, 0.3) is 10.9 Å². The molecule has 1 saturated carbocycles. The maximum Gasteiger partial charge on any atom is 0.236 e. The highest BCUT2D eigenvalue weighted by Gasteiger charge is 2.48. The number of carbonyl (C=O) groups is 1. The summed E-state index contributed by atoms with van der Waals surface area (Å²) in [6.07, 6.45) is 4.74. The van der Waals surface area contributed by atoms with Crippen molar-refractivity contribution < 1.29 is 13.2 Å². The number of hydrogen-bond donors (Lipinski definition) is 0. The zero-order valence-electron chi connectivity index (χ0n) is 13.4. The first kappa shape index (κ1) is 15.4. The van der Waals surface area contributed by atoms with E-state index >= 15 is 0 Å². The summed E-state index contributed by atoms with van der Waals surface area (Å²) < 4.78 is 25.9. The molecular formula is C18H18N2O3S. The summed E-state index contributed by atoms with van der Waals surface area (Å²) in [6, 6.07) is 9.34. The van der Waals surface area contributed by atoms with Gasteiger partial charge in [-0.25, -0.2) is 12.4 Å². The number of nitrogens with zero attached hydrogens (tertiary/aromatic N) is 2. The van der Waals surface area contributed by atoms with E-state index in [0.717, 1.165) is 19.1 Å². The van der Waals surface area contributed by atoms with Crippen molar-refractivity contribution in [3.63, 3.8) is 0 Å². The van der Waals surface area contributed by atoms with Gasteiger partial charge in [-0.3, -0.25) is 4.79 Å². The van der Waals surface area contributed by atoms with Crippen molar-refractivity contribution in [1.82, 2.24) is 3.97 Å². The summed E-state index contributed by atoms with van der Waals surface area (Å²) in [7, 11) is -3.52. The summed E-state index contributed by atoms with van der Waals surface area (Å²) in [5, 5.41) is 10.4. The van der Waals surface area contributed by atoms with E-state index in [9.17, 15) is 18.5 Å². The molecule has 4 rings (SSSR count). The third-order valence-electron chi connectivity index (χ3n) is 5.26. The van der Waals surface area contributed by atoms with E-state index in [4.69, 9.17) is 0 Å². The molecule has 0 unspecified atom stereocenters. The molecule has 0 radical (unpaired) electrons. The average molecular weight is 342 g/mol. The molecule has 1 atom stereocenters. The van der Waals surface area contributed by atoms with Crippen molar-refractivity contribution in [2.45, 2.75) is 32.1 Å². The van der Waals surface area contributed by atoms with E-state index in [1.807, 2.05) is 0 Å². The molecule has 1 aromatic carbocycles. The molecular weight excluding hydrogens is 324 g/mol. The topological polar surface area (TPSA) is 79.9 Å². The molecule has 1 fully saturated rings. The highest BCUT2D eigenvalue weighted by Crippen LogP contribution is 2.48. The molecule has 2 aromatic rings. The van der Waals surface area contributed by atoms with E-state index in [2.05, 4.69) is 6.07 Å². The summed E-state index contributed by atoms with van der Waals surface area (Å²) in [5.74, 6) is 0.259. The van der Waals surface area contributed by atoms with Gasteiger partial charge >= 0.3 is 0 Å². The fourth-order valence-corrected chi connectivity index (χ4v) is 5.07. The first-order valence-corrected chi connectivity index (χ1v) is 10.0. The van der Waals surface area contributed by atoms with E-state index in [1.165, 1.54) is 3.97 Å². The van der Waals surface area contributed by atoms with E-state index in [0.29, 0.717) is 47.3 Å². The van der Waals surface area contributed by atoms with Crippen LogP contribution in [-0.4, -0.2) is 24.4 Å². The molecule has 5 nitrogen and oxygen atoms in total. The lowest BCUT2D eigenvalue weighted by Gasteiger charge is -2.30. The average Bonchev–Trinajstić information content (AvgIpc) is 3.27. The minimum atomic E-state index is -3.52. The van der Waals surface area contributed by atoms with Gasteiger partial charge in [-0.1, -0.05) is 31.0 Å². The monoisotopic (exact) mass is 342 g/mol. The van der Waals surface area contributed by atoms with Gasteiger partial charge < -0.3 is 0 Å². The van der Waals surface area contributed by atoms with E-state index in [-0.39, 0.29) is 5.78 Å². The number of carbonyl (C=O) groups excluding carboxylic acids is 1. The van der Waals surface area contributed by atoms with Gasteiger partial charge in [-0.15, -0.1) is 0 Å². The summed E-state index contributed by atoms with van der Waals surface area (Å²) in [6.45, 7) is 0. The van der Waals surface area contributed by atoms with Gasteiger partial charge in [0.25, 0.3) is 0 Å². The molecule has 1 aromatic heterocycles. The molecule has 0 spiro atoms. The number of aromatic nitrogens is 1. The highest BCUT2D eigenvalue weighted by atomic mass is 32.2. The maximum absolute atomic E-state index is 13.3. The Morgan fingerprint density at radius 3 is 2.67 bits per heavy atom. The number of nitriles is 1. The molecule has 6 heteroatoms.